The number of thioether (sulfide) groups is 1. The van der Waals surface area contributed by atoms with Gasteiger partial charge in [-0.25, -0.2) is 0 Å². The maximum Gasteiger partial charge on any atom is 0.243 e. The van der Waals surface area contributed by atoms with Crippen LogP contribution in [0.15, 0.2) is 12.3 Å². The standard InChI is InChI=1S/C15H21N3O2S/c1-9-5-11(6-16-10(9)2)7-17-13(19)12-8-21-15(3,4)14(20)18-12/h5-6,12H,7-8H2,1-4H3,(H,17,19)(H,18,20)/t12-/m0/s1. The number of hydrogen-bond donors (Lipinski definition) is 2. The number of aryl methyl sites for hydroxylation is 2. The second kappa shape index (κ2) is 6.05. The van der Waals surface area contributed by atoms with E-state index in [0.29, 0.717) is 12.3 Å². The molecule has 1 aromatic heterocycles. The van der Waals surface area contributed by atoms with Crippen molar-refractivity contribution in [3.05, 3.63) is 29.1 Å². The maximum atomic E-state index is 12.1. The molecule has 2 N–H and O–H groups in total. The first-order chi connectivity index (χ1) is 9.79. The summed E-state index contributed by atoms with van der Waals surface area (Å²) < 4.78 is -0.464. The smallest absolute Gasteiger partial charge is 0.243 e. The van der Waals surface area contributed by atoms with E-state index >= 15 is 0 Å². The monoisotopic (exact) mass is 307 g/mol. The van der Waals surface area contributed by atoms with E-state index < -0.39 is 10.8 Å². The van der Waals surface area contributed by atoms with Crippen LogP contribution in [-0.4, -0.2) is 33.3 Å². The molecule has 0 aromatic carbocycles. The van der Waals surface area contributed by atoms with E-state index in [4.69, 9.17) is 0 Å². The SMILES string of the molecule is Cc1cc(CNC(=O)[C@@H]2CSC(C)(C)C(=O)N2)cnc1C. The summed E-state index contributed by atoms with van der Waals surface area (Å²) in [6.07, 6.45) is 1.76. The first kappa shape index (κ1) is 15.8. The summed E-state index contributed by atoms with van der Waals surface area (Å²) >= 11 is 1.51. The zero-order valence-electron chi connectivity index (χ0n) is 12.8. The Hall–Kier alpha value is -1.56. The van der Waals surface area contributed by atoms with E-state index in [0.717, 1.165) is 16.8 Å². The fraction of sp³-hybridized carbons (Fsp3) is 0.533. The summed E-state index contributed by atoms with van der Waals surface area (Å²) in [5.41, 5.74) is 3.05. The third kappa shape index (κ3) is 3.75. The van der Waals surface area contributed by atoms with Gasteiger partial charge in [0.05, 0.1) is 4.75 Å². The van der Waals surface area contributed by atoms with Crippen LogP contribution < -0.4 is 10.6 Å². The van der Waals surface area contributed by atoms with Crippen molar-refractivity contribution in [3.63, 3.8) is 0 Å². The van der Waals surface area contributed by atoms with Crippen LogP contribution in [0.5, 0.6) is 0 Å². The molecule has 1 atom stereocenters. The van der Waals surface area contributed by atoms with Crippen LogP contribution in [0.3, 0.4) is 0 Å². The quantitative estimate of drug-likeness (QED) is 0.883. The highest BCUT2D eigenvalue weighted by Gasteiger charge is 2.37. The molecule has 0 aliphatic carbocycles. The number of nitrogens with zero attached hydrogens (tertiary/aromatic N) is 1. The lowest BCUT2D eigenvalue weighted by Gasteiger charge is -2.32. The molecule has 1 aliphatic heterocycles. The van der Waals surface area contributed by atoms with Crippen molar-refractivity contribution in [2.75, 3.05) is 5.75 Å². The number of aromatic nitrogens is 1. The number of amides is 2. The van der Waals surface area contributed by atoms with Crippen molar-refractivity contribution in [1.29, 1.82) is 0 Å². The van der Waals surface area contributed by atoms with Crippen LogP contribution in [0.4, 0.5) is 0 Å². The van der Waals surface area contributed by atoms with Gasteiger partial charge < -0.3 is 10.6 Å². The van der Waals surface area contributed by atoms with Gasteiger partial charge in [-0.2, -0.15) is 0 Å². The molecule has 1 fully saturated rings. The molecule has 1 aromatic rings. The van der Waals surface area contributed by atoms with E-state index in [1.807, 2.05) is 33.8 Å². The first-order valence-corrected chi connectivity index (χ1v) is 7.93. The highest BCUT2D eigenvalue weighted by molar-refractivity contribution is 8.01. The summed E-state index contributed by atoms with van der Waals surface area (Å²) in [5, 5.41) is 5.63. The predicted octanol–water partition coefficient (Wildman–Crippen LogP) is 1.32. The summed E-state index contributed by atoms with van der Waals surface area (Å²) in [4.78, 5) is 28.3. The Kier molecular flexibility index (Phi) is 4.56. The average molecular weight is 307 g/mol. The minimum absolute atomic E-state index is 0.0910. The van der Waals surface area contributed by atoms with Crippen molar-refractivity contribution in [3.8, 4) is 0 Å². The normalized spacial score (nSPS) is 20.8. The molecule has 0 saturated carbocycles. The van der Waals surface area contributed by atoms with Crippen molar-refractivity contribution < 1.29 is 9.59 Å². The fourth-order valence-corrected chi connectivity index (χ4v) is 2.99. The van der Waals surface area contributed by atoms with Gasteiger partial charge in [0.25, 0.3) is 0 Å². The Morgan fingerprint density at radius 1 is 1.52 bits per heavy atom. The van der Waals surface area contributed by atoms with Gasteiger partial charge in [0.2, 0.25) is 11.8 Å². The summed E-state index contributed by atoms with van der Waals surface area (Å²) in [7, 11) is 0. The Balaban J connectivity index is 1.90. The van der Waals surface area contributed by atoms with Gasteiger partial charge in [0.15, 0.2) is 0 Å². The molecule has 2 amide bonds. The van der Waals surface area contributed by atoms with Gasteiger partial charge in [0.1, 0.15) is 6.04 Å². The highest BCUT2D eigenvalue weighted by atomic mass is 32.2. The van der Waals surface area contributed by atoms with Crippen LogP contribution in [0, 0.1) is 13.8 Å². The lowest BCUT2D eigenvalue weighted by Crippen LogP contribution is -2.57. The van der Waals surface area contributed by atoms with Crippen LogP contribution in [0.2, 0.25) is 0 Å². The van der Waals surface area contributed by atoms with Crippen molar-refractivity contribution in [1.82, 2.24) is 15.6 Å². The Bertz CT molecular complexity index is 572. The van der Waals surface area contributed by atoms with E-state index in [2.05, 4.69) is 15.6 Å². The van der Waals surface area contributed by atoms with Crippen LogP contribution in [0.25, 0.3) is 0 Å². The molecular weight excluding hydrogens is 286 g/mol. The average Bonchev–Trinajstić information content (AvgIpc) is 2.43. The highest BCUT2D eigenvalue weighted by Crippen LogP contribution is 2.28. The molecule has 114 valence electrons. The predicted molar refractivity (Wildman–Crippen MR) is 84.0 cm³/mol. The Morgan fingerprint density at radius 3 is 2.86 bits per heavy atom. The number of rotatable bonds is 3. The van der Waals surface area contributed by atoms with Crippen LogP contribution in [0.1, 0.15) is 30.7 Å². The summed E-state index contributed by atoms with van der Waals surface area (Å²) in [6.45, 7) is 8.10. The van der Waals surface area contributed by atoms with Crippen LogP contribution in [-0.2, 0) is 16.1 Å². The summed E-state index contributed by atoms with van der Waals surface area (Å²) in [6, 6.07) is 1.55. The molecule has 0 unspecified atom stereocenters. The number of carbonyl (C=O) groups excluding carboxylic acids is 2. The van der Waals surface area contributed by atoms with Gasteiger partial charge in [-0.05, 0) is 38.8 Å². The van der Waals surface area contributed by atoms with Crippen molar-refractivity contribution >= 4 is 23.6 Å². The largest absolute Gasteiger partial charge is 0.350 e. The minimum atomic E-state index is -0.464. The number of hydrogen-bond acceptors (Lipinski definition) is 4. The number of nitrogens with one attached hydrogen (secondary N) is 2. The van der Waals surface area contributed by atoms with E-state index in [-0.39, 0.29) is 11.8 Å². The lowest BCUT2D eigenvalue weighted by molar-refractivity contribution is -0.129. The number of carbonyl (C=O) groups is 2. The molecule has 0 spiro atoms. The molecule has 1 aliphatic rings. The van der Waals surface area contributed by atoms with Crippen molar-refractivity contribution in [2.24, 2.45) is 0 Å². The topological polar surface area (TPSA) is 71.1 Å². The maximum absolute atomic E-state index is 12.1. The molecule has 5 nitrogen and oxygen atoms in total. The molecule has 1 saturated heterocycles. The van der Waals surface area contributed by atoms with E-state index in [1.165, 1.54) is 11.8 Å². The van der Waals surface area contributed by atoms with E-state index in [9.17, 15) is 9.59 Å². The minimum Gasteiger partial charge on any atom is -0.350 e. The molecular formula is C15H21N3O2S. The Morgan fingerprint density at radius 2 is 2.24 bits per heavy atom. The van der Waals surface area contributed by atoms with Gasteiger partial charge in [-0.3, -0.25) is 14.6 Å². The molecule has 2 heterocycles. The first-order valence-electron chi connectivity index (χ1n) is 6.94. The fourth-order valence-electron chi connectivity index (χ4n) is 1.98. The zero-order chi connectivity index (χ0) is 15.6. The lowest BCUT2D eigenvalue weighted by atomic mass is 10.1. The number of pyridine rings is 1. The molecule has 2 rings (SSSR count). The molecule has 0 radical (unpaired) electrons. The van der Waals surface area contributed by atoms with Gasteiger partial charge >= 0.3 is 0 Å². The summed E-state index contributed by atoms with van der Waals surface area (Å²) in [5.74, 6) is 0.353. The van der Waals surface area contributed by atoms with E-state index in [1.54, 1.807) is 6.20 Å². The van der Waals surface area contributed by atoms with Gasteiger partial charge in [-0.1, -0.05) is 6.07 Å². The second-order valence-electron chi connectivity index (χ2n) is 5.81. The van der Waals surface area contributed by atoms with Crippen LogP contribution >= 0.6 is 11.8 Å². The third-order valence-corrected chi connectivity index (χ3v) is 5.05. The Labute approximate surface area is 129 Å². The molecule has 21 heavy (non-hydrogen) atoms. The van der Waals surface area contributed by atoms with Gasteiger partial charge in [0, 0.05) is 24.2 Å². The van der Waals surface area contributed by atoms with Gasteiger partial charge in [-0.15, -0.1) is 11.8 Å². The zero-order valence-corrected chi connectivity index (χ0v) is 13.6. The second-order valence-corrected chi connectivity index (χ2v) is 7.45. The molecule has 6 heteroatoms. The molecule has 0 bridgehead atoms. The van der Waals surface area contributed by atoms with Crippen molar-refractivity contribution in [2.45, 2.75) is 45.0 Å². The third-order valence-electron chi connectivity index (χ3n) is 3.64.